The zero-order chi connectivity index (χ0) is 13.2. The van der Waals surface area contributed by atoms with Gasteiger partial charge in [0.15, 0.2) is 0 Å². The summed E-state index contributed by atoms with van der Waals surface area (Å²) < 4.78 is 6.93. The minimum Gasteiger partial charge on any atom is -0.383 e. The van der Waals surface area contributed by atoms with E-state index in [1.807, 2.05) is 6.20 Å². The lowest BCUT2D eigenvalue weighted by atomic mass is 10.4. The largest absolute Gasteiger partial charge is 0.383 e. The van der Waals surface area contributed by atoms with Crippen LogP contribution in [0.1, 0.15) is 19.2 Å². The Hall–Kier alpha value is -1.40. The summed E-state index contributed by atoms with van der Waals surface area (Å²) in [6, 6.07) is 0. The highest BCUT2D eigenvalue weighted by molar-refractivity contribution is 5.75. The number of aromatic nitrogens is 2. The Morgan fingerprint density at radius 2 is 2.33 bits per heavy atom. The molecule has 6 nitrogen and oxygen atoms in total. The summed E-state index contributed by atoms with van der Waals surface area (Å²) in [5.41, 5.74) is 0. The molecule has 0 aliphatic heterocycles. The second kappa shape index (κ2) is 8.66. The molecule has 0 atom stereocenters. The van der Waals surface area contributed by atoms with Crippen LogP contribution in [0.4, 0.5) is 0 Å². The molecule has 0 fully saturated rings. The molecule has 0 aliphatic rings. The van der Waals surface area contributed by atoms with Crippen molar-refractivity contribution >= 4 is 5.91 Å². The number of aryl methyl sites for hydroxylation is 1. The van der Waals surface area contributed by atoms with Gasteiger partial charge >= 0.3 is 0 Å². The topological polar surface area (TPSA) is 68.2 Å². The molecule has 0 aromatic carbocycles. The molecule has 1 heterocycles. The van der Waals surface area contributed by atoms with E-state index in [2.05, 4.69) is 27.1 Å². The predicted octanol–water partition coefficient (Wildman–Crippen LogP) is 0.145. The average molecular weight is 254 g/mol. The van der Waals surface area contributed by atoms with Crippen LogP contribution in [0.15, 0.2) is 12.4 Å². The van der Waals surface area contributed by atoms with E-state index in [0.717, 1.165) is 12.4 Å². The van der Waals surface area contributed by atoms with Crippen LogP contribution in [0.2, 0.25) is 0 Å². The van der Waals surface area contributed by atoms with Gasteiger partial charge in [0.1, 0.15) is 5.82 Å². The van der Waals surface area contributed by atoms with Crippen molar-refractivity contribution in [3.05, 3.63) is 18.2 Å². The van der Waals surface area contributed by atoms with Gasteiger partial charge in [-0.25, -0.2) is 4.98 Å². The molecule has 0 spiro atoms. The minimum atomic E-state index is 0.0402. The van der Waals surface area contributed by atoms with Gasteiger partial charge in [0.2, 0.25) is 5.91 Å². The van der Waals surface area contributed by atoms with Gasteiger partial charge in [0, 0.05) is 45.6 Å². The molecule has 1 aromatic rings. The Morgan fingerprint density at radius 1 is 1.50 bits per heavy atom. The fourth-order valence-corrected chi connectivity index (χ4v) is 1.58. The van der Waals surface area contributed by atoms with Crippen LogP contribution in [0.25, 0.3) is 0 Å². The maximum Gasteiger partial charge on any atom is 0.221 e. The first kappa shape index (κ1) is 14.7. The number of rotatable bonds is 9. The van der Waals surface area contributed by atoms with E-state index in [1.54, 1.807) is 13.3 Å². The summed E-state index contributed by atoms with van der Waals surface area (Å²) in [6.45, 7) is 5.44. The zero-order valence-electron chi connectivity index (χ0n) is 11.1. The number of nitrogens with one attached hydrogen (secondary N) is 2. The van der Waals surface area contributed by atoms with Crippen molar-refractivity contribution in [2.75, 3.05) is 26.8 Å². The molecule has 0 saturated heterocycles. The van der Waals surface area contributed by atoms with Gasteiger partial charge in [0.05, 0.1) is 13.2 Å². The molecular formula is C12H22N4O2. The Balaban J connectivity index is 2.09. The Kier molecular flexibility index (Phi) is 7.05. The lowest BCUT2D eigenvalue weighted by molar-refractivity contribution is -0.121. The predicted molar refractivity (Wildman–Crippen MR) is 69.1 cm³/mol. The van der Waals surface area contributed by atoms with Crippen LogP contribution in [-0.4, -0.2) is 42.3 Å². The lowest BCUT2D eigenvalue weighted by Crippen LogP contribution is -2.30. The molecule has 2 N–H and O–H groups in total. The number of ether oxygens (including phenoxy) is 1. The first-order valence-corrected chi connectivity index (χ1v) is 6.24. The number of carbonyl (C=O) groups excluding carboxylic acids is 1. The quantitative estimate of drug-likeness (QED) is 0.615. The van der Waals surface area contributed by atoms with E-state index in [1.165, 1.54) is 0 Å². The summed E-state index contributed by atoms with van der Waals surface area (Å²) in [5.74, 6) is 1.04. The number of hydrogen-bond donors (Lipinski definition) is 2. The van der Waals surface area contributed by atoms with Gasteiger partial charge in [-0.1, -0.05) is 0 Å². The highest BCUT2D eigenvalue weighted by Gasteiger charge is 2.02. The molecule has 6 heteroatoms. The fraction of sp³-hybridized carbons (Fsp3) is 0.667. The van der Waals surface area contributed by atoms with Crippen LogP contribution < -0.4 is 10.6 Å². The van der Waals surface area contributed by atoms with Crippen molar-refractivity contribution < 1.29 is 9.53 Å². The van der Waals surface area contributed by atoms with Crippen molar-refractivity contribution in [1.82, 2.24) is 20.2 Å². The molecule has 0 aliphatic carbocycles. The second-order valence-electron chi connectivity index (χ2n) is 3.90. The van der Waals surface area contributed by atoms with Crippen molar-refractivity contribution in [2.24, 2.45) is 0 Å². The number of hydrogen-bond acceptors (Lipinski definition) is 4. The highest BCUT2D eigenvalue weighted by atomic mass is 16.5. The summed E-state index contributed by atoms with van der Waals surface area (Å²) in [4.78, 5) is 15.6. The average Bonchev–Trinajstić information content (AvgIpc) is 2.82. The summed E-state index contributed by atoms with van der Waals surface area (Å²) in [7, 11) is 1.61. The van der Waals surface area contributed by atoms with Crippen LogP contribution in [0.3, 0.4) is 0 Å². The molecule has 0 unspecified atom stereocenters. The third-order valence-electron chi connectivity index (χ3n) is 2.58. The molecule has 0 radical (unpaired) electrons. The Morgan fingerprint density at radius 3 is 3.06 bits per heavy atom. The number of amides is 1. The Labute approximate surface area is 108 Å². The zero-order valence-corrected chi connectivity index (χ0v) is 11.1. The molecule has 1 aromatic heterocycles. The van der Waals surface area contributed by atoms with Crippen LogP contribution in [0.5, 0.6) is 0 Å². The van der Waals surface area contributed by atoms with Gasteiger partial charge in [-0.15, -0.1) is 0 Å². The second-order valence-corrected chi connectivity index (χ2v) is 3.90. The number of imidazole rings is 1. The fourth-order valence-electron chi connectivity index (χ4n) is 1.58. The normalized spacial score (nSPS) is 10.6. The van der Waals surface area contributed by atoms with E-state index < -0.39 is 0 Å². The highest BCUT2D eigenvalue weighted by Crippen LogP contribution is 1.96. The maximum absolute atomic E-state index is 11.4. The van der Waals surface area contributed by atoms with Gasteiger partial charge in [-0.3, -0.25) is 4.79 Å². The summed E-state index contributed by atoms with van der Waals surface area (Å²) in [5, 5.41) is 5.98. The van der Waals surface area contributed by atoms with Crippen molar-refractivity contribution in [3.8, 4) is 0 Å². The van der Waals surface area contributed by atoms with E-state index >= 15 is 0 Å². The standard InChI is InChI=1S/C12H22N4O2/c1-3-16-8-6-14-11(16)10-13-5-4-12(17)15-7-9-18-2/h6,8,13H,3-5,7,9-10H2,1-2H3,(H,15,17). The monoisotopic (exact) mass is 254 g/mol. The molecule has 1 rings (SSSR count). The van der Waals surface area contributed by atoms with Gasteiger partial charge < -0.3 is 19.9 Å². The number of nitrogens with zero attached hydrogens (tertiary/aromatic N) is 2. The van der Waals surface area contributed by atoms with Crippen molar-refractivity contribution in [2.45, 2.75) is 26.4 Å². The van der Waals surface area contributed by atoms with E-state index in [0.29, 0.717) is 32.7 Å². The molecule has 102 valence electrons. The third-order valence-corrected chi connectivity index (χ3v) is 2.58. The minimum absolute atomic E-state index is 0.0402. The third kappa shape index (κ3) is 5.29. The lowest BCUT2D eigenvalue weighted by Gasteiger charge is -2.07. The molecule has 0 saturated carbocycles. The molecule has 1 amide bonds. The summed E-state index contributed by atoms with van der Waals surface area (Å²) >= 11 is 0. The van der Waals surface area contributed by atoms with Crippen molar-refractivity contribution in [3.63, 3.8) is 0 Å². The van der Waals surface area contributed by atoms with E-state index in [4.69, 9.17) is 4.74 Å². The van der Waals surface area contributed by atoms with Crippen LogP contribution >= 0.6 is 0 Å². The first-order valence-electron chi connectivity index (χ1n) is 6.24. The van der Waals surface area contributed by atoms with Gasteiger partial charge in [-0.05, 0) is 6.92 Å². The molecule has 18 heavy (non-hydrogen) atoms. The van der Waals surface area contributed by atoms with Gasteiger partial charge in [0.25, 0.3) is 0 Å². The molecular weight excluding hydrogens is 232 g/mol. The smallest absolute Gasteiger partial charge is 0.221 e. The summed E-state index contributed by atoms with van der Waals surface area (Å²) in [6.07, 6.45) is 4.21. The SMILES string of the molecule is CCn1ccnc1CNCCC(=O)NCCOC. The van der Waals surface area contributed by atoms with Crippen molar-refractivity contribution in [1.29, 1.82) is 0 Å². The van der Waals surface area contributed by atoms with E-state index in [9.17, 15) is 4.79 Å². The Bertz CT molecular complexity index is 352. The van der Waals surface area contributed by atoms with E-state index in [-0.39, 0.29) is 5.91 Å². The molecule has 0 bridgehead atoms. The number of methoxy groups -OCH3 is 1. The van der Waals surface area contributed by atoms with Gasteiger partial charge in [-0.2, -0.15) is 0 Å². The first-order chi connectivity index (χ1) is 8.77. The van der Waals surface area contributed by atoms with Crippen LogP contribution in [0, 0.1) is 0 Å². The maximum atomic E-state index is 11.4. The van der Waals surface area contributed by atoms with Crippen LogP contribution in [-0.2, 0) is 22.6 Å². The number of carbonyl (C=O) groups is 1.